The second kappa shape index (κ2) is 12.8. The van der Waals surface area contributed by atoms with Crippen molar-refractivity contribution in [2.45, 2.75) is 51.5 Å². The van der Waals surface area contributed by atoms with Crippen LogP contribution in [0.1, 0.15) is 50.5 Å². The lowest BCUT2D eigenvalue weighted by molar-refractivity contribution is -0.428. The number of fused-ring (bicyclic) bond motifs is 2. The average Bonchev–Trinajstić information content (AvgIpc) is 3.44. The van der Waals surface area contributed by atoms with Crippen LogP contribution in [-0.2, 0) is 20.9 Å². The second-order valence-electron chi connectivity index (χ2n) is 10.3. The van der Waals surface area contributed by atoms with Gasteiger partial charge < -0.3 is 20.1 Å². The monoisotopic (exact) mass is 547 g/mol. The molecule has 10 heteroatoms. The Morgan fingerprint density at radius 1 is 1.05 bits per heavy atom. The minimum absolute atomic E-state index is 0.0860. The fraction of sp³-hybridized carbons (Fsp3) is 0.433. The highest BCUT2D eigenvalue weighted by atomic mass is 16.7. The van der Waals surface area contributed by atoms with Gasteiger partial charge in [-0.05, 0) is 62.3 Å². The van der Waals surface area contributed by atoms with E-state index < -0.39 is 11.9 Å². The fourth-order valence-electron chi connectivity index (χ4n) is 5.31. The van der Waals surface area contributed by atoms with Crippen molar-refractivity contribution in [1.29, 1.82) is 0 Å². The van der Waals surface area contributed by atoms with Crippen LogP contribution in [0.25, 0.3) is 0 Å². The number of carbonyl (C=O) groups is 4. The van der Waals surface area contributed by atoms with Crippen molar-refractivity contribution < 1.29 is 33.2 Å². The molecule has 1 aromatic carbocycles. The Morgan fingerprint density at radius 3 is 2.77 bits per heavy atom. The van der Waals surface area contributed by atoms with Crippen molar-refractivity contribution in [2.24, 2.45) is 5.92 Å². The van der Waals surface area contributed by atoms with E-state index in [-0.39, 0.29) is 44.0 Å². The topological polar surface area (TPSA) is 117 Å². The number of nitrogens with one attached hydrogen (secondary N) is 2. The molecule has 5 rings (SSSR count). The SMILES string of the molecule is O=C(CCCN1C(=O)C2C=CC=CC2=[N+](CC(=O)NCCC2=CCCCC2)C1=O)NCc1ccc2c(c1)OCO2. The first kappa shape index (κ1) is 27.4. The number of carbonyl (C=O) groups excluding carboxylic acids is 4. The molecular weight excluding hydrogens is 512 g/mol. The predicted octanol–water partition coefficient (Wildman–Crippen LogP) is 2.98. The van der Waals surface area contributed by atoms with Crippen LogP contribution in [0.3, 0.4) is 0 Å². The fourth-order valence-corrected chi connectivity index (χ4v) is 5.31. The summed E-state index contributed by atoms with van der Waals surface area (Å²) in [4.78, 5) is 52.9. The summed E-state index contributed by atoms with van der Waals surface area (Å²) >= 11 is 0. The van der Waals surface area contributed by atoms with Gasteiger partial charge in [0.1, 0.15) is 11.6 Å². The van der Waals surface area contributed by atoms with E-state index in [9.17, 15) is 19.2 Å². The van der Waals surface area contributed by atoms with Gasteiger partial charge in [0.2, 0.25) is 12.7 Å². The maximum atomic E-state index is 13.4. The van der Waals surface area contributed by atoms with Gasteiger partial charge in [0.05, 0.1) is 6.54 Å². The van der Waals surface area contributed by atoms with Crippen LogP contribution in [0.15, 0.2) is 54.2 Å². The number of urea groups is 1. The molecule has 10 nitrogen and oxygen atoms in total. The number of allylic oxidation sites excluding steroid dienone is 4. The number of amides is 5. The summed E-state index contributed by atoms with van der Waals surface area (Å²) in [6.07, 6.45) is 15.1. The molecule has 0 bridgehead atoms. The molecule has 0 fully saturated rings. The molecule has 2 heterocycles. The predicted molar refractivity (Wildman–Crippen MR) is 147 cm³/mol. The molecule has 40 heavy (non-hydrogen) atoms. The van der Waals surface area contributed by atoms with Crippen molar-refractivity contribution in [2.75, 3.05) is 26.4 Å². The first-order chi connectivity index (χ1) is 19.5. The molecule has 210 valence electrons. The Morgan fingerprint density at radius 2 is 1.93 bits per heavy atom. The van der Waals surface area contributed by atoms with Crippen LogP contribution < -0.4 is 20.1 Å². The molecule has 0 saturated carbocycles. The van der Waals surface area contributed by atoms with E-state index >= 15 is 0 Å². The smallest absolute Gasteiger partial charge is 0.454 e. The molecule has 2 aliphatic heterocycles. The zero-order valence-electron chi connectivity index (χ0n) is 22.5. The Hall–Kier alpha value is -4.21. The van der Waals surface area contributed by atoms with E-state index in [2.05, 4.69) is 16.7 Å². The molecule has 0 saturated heterocycles. The van der Waals surface area contributed by atoms with Gasteiger partial charge in [-0.3, -0.25) is 9.59 Å². The molecule has 1 atom stereocenters. The van der Waals surface area contributed by atoms with E-state index in [1.165, 1.54) is 23.0 Å². The van der Waals surface area contributed by atoms with Gasteiger partial charge in [-0.2, -0.15) is 14.3 Å². The van der Waals surface area contributed by atoms with E-state index in [1.807, 2.05) is 12.1 Å². The molecule has 1 aromatic rings. The van der Waals surface area contributed by atoms with Gasteiger partial charge in [0.15, 0.2) is 18.0 Å². The third kappa shape index (κ3) is 6.50. The highest BCUT2D eigenvalue weighted by molar-refractivity contribution is 6.16. The van der Waals surface area contributed by atoms with Crippen LogP contribution in [0.2, 0.25) is 0 Å². The van der Waals surface area contributed by atoms with Crippen LogP contribution in [0.4, 0.5) is 4.79 Å². The molecule has 2 N–H and O–H groups in total. The summed E-state index contributed by atoms with van der Waals surface area (Å²) in [5.41, 5.74) is 2.75. The lowest BCUT2D eigenvalue weighted by Gasteiger charge is -2.26. The molecule has 0 aromatic heterocycles. The Kier molecular flexibility index (Phi) is 8.73. The quantitative estimate of drug-likeness (QED) is 0.325. The van der Waals surface area contributed by atoms with E-state index in [0.29, 0.717) is 36.7 Å². The summed E-state index contributed by atoms with van der Waals surface area (Å²) < 4.78 is 12.0. The van der Waals surface area contributed by atoms with Crippen LogP contribution in [-0.4, -0.2) is 65.4 Å². The second-order valence-corrected chi connectivity index (χ2v) is 10.3. The molecule has 1 unspecified atom stereocenters. The van der Waals surface area contributed by atoms with Crippen molar-refractivity contribution in [3.05, 3.63) is 59.7 Å². The zero-order chi connectivity index (χ0) is 27.9. The number of hydrogen-bond donors (Lipinski definition) is 2. The summed E-state index contributed by atoms with van der Waals surface area (Å²) in [5, 5.41) is 5.78. The number of benzene rings is 1. The molecule has 0 spiro atoms. The zero-order valence-corrected chi connectivity index (χ0v) is 22.5. The van der Waals surface area contributed by atoms with Crippen LogP contribution >= 0.6 is 0 Å². The number of imide groups is 1. The summed E-state index contributed by atoms with van der Waals surface area (Å²) in [7, 11) is 0. The Bertz CT molecular complexity index is 1310. The van der Waals surface area contributed by atoms with Crippen molar-refractivity contribution in [3.63, 3.8) is 0 Å². The van der Waals surface area contributed by atoms with Gasteiger partial charge in [0.25, 0.3) is 5.91 Å². The van der Waals surface area contributed by atoms with Crippen molar-refractivity contribution in [3.8, 4) is 11.5 Å². The highest BCUT2D eigenvalue weighted by Crippen LogP contribution is 2.32. The normalized spacial score (nSPS) is 19.4. The van der Waals surface area contributed by atoms with E-state index in [1.54, 1.807) is 30.4 Å². The van der Waals surface area contributed by atoms with Crippen LogP contribution in [0, 0.1) is 5.92 Å². The summed E-state index contributed by atoms with van der Waals surface area (Å²) in [6.45, 7) is 0.955. The lowest BCUT2D eigenvalue weighted by Crippen LogP contribution is -2.56. The van der Waals surface area contributed by atoms with Crippen molar-refractivity contribution in [1.82, 2.24) is 15.5 Å². The Labute approximate surface area is 233 Å². The maximum absolute atomic E-state index is 13.4. The third-order valence-corrected chi connectivity index (χ3v) is 7.47. The van der Waals surface area contributed by atoms with Gasteiger partial charge in [-0.15, -0.1) is 0 Å². The molecule has 4 aliphatic rings. The number of nitrogens with zero attached hydrogens (tertiary/aromatic N) is 2. The van der Waals surface area contributed by atoms with E-state index in [0.717, 1.165) is 29.7 Å². The molecule has 0 radical (unpaired) electrons. The first-order valence-corrected chi connectivity index (χ1v) is 13.9. The standard InChI is InChI=1S/C30H34N4O6/c35-27(32-18-22-12-13-25-26(17-22)40-20-39-25)11-6-16-33-29(37)23-9-4-5-10-24(23)34(30(33)38)19-28(36)31-15-14-21-7-2-1-3-8-21/h4-5,7,9-10,12-13,17,23H,1-3,6,8,11,14-16,18-20H2,(H-,31,32,35,36)/p+1. The summed E-state index contributed by atoms with van der Waals surface area (Å²) in [6, 6.07) is 4.95. The highest BCUT2D eigenvalue weighted by Gasteiger charge is 2.46. The first-order valence-electron chi connectivity index (χ1n) is 13.9. The number of rotatable bonds is 11. The van der Waals surface area contributed by atoms with Gasteiger partial charge in [-0.1, -0.05) is 35.9 Å². The number of hydrogen-bond acceptors (Lipinski definition) is 6. The van der Waals surface area contributed by atoms with Gasteiger partial charge >= 0.3 is 11.9 Å². The summed E-state index contributed by atoms with van der Waals surface area (Å²) in [5.74, 6) is -0.109. The van der Waals surface area contributed by atoms with Crippen LogP contribution in [0.5, 0.6) is 11.5 Å². The minimum Gasteiger partial charge on any atom is -0.454 e. The van der Waals surface area contributed by atoms with Gasteiger partial charge in [-0.25, -0.2) is 4.79 Å². The average molecular weight is 548 g/mol. The molecule has 5 amide bonds. The van der Waals surface area contributed by atoms with E-state index in [4.69, 9.17) is 9.47 Å². The third-order valence-electron chi connectivity index (χ3n) is 7.47. The van der Waals surface area contributed by atoms with Crippen molar-refractivity contribution >= 4 is 29.5 Å². The minimum atomic E-state index is -0.636. The molecule has 2 aliphatic carbocycles. The largest absolute Gasteiger partial charge is 0.501 e. The van der Waals surface area contributed by atoms with Gasteiger partial charge in [0, 0.05) is 19.5 Å². The number of ether oxygens (including phenoxy) is 2. The maximum Gasteiger partial charge on any atom is 0.501 e. The Balaban J connectivity index is 1.13. The lowest BCUT2D eigenvalue weighted by atomic mass is 9.94. The molecular formula is C30H35N4O6+.